The Morgan fingerprint density at radius 2 is 0.971 bits per heavy atom. The summed E-state index contributed by atoms with van der Waals surface area (Å²) in [6.45, 7) is 0. The molecule has 0 aliphatic carbocycles. The van der Waals surface area contributed by atoms with Crippen LogP contribution in [-0.4, -0.2) is 5.84 Å². The Bertz CT molecular complexity index is 1380. The van der Waals surface area contributed by atoms with Crippen LogP contribution in [0.3, 0.4) is 0 Å². The predicted molar refractivity (Wildman–Crippen MR) is 147 cm³/mol. The quantitative estimate of drug-likeness (QED) is 0.148. The summed E-state index contributed by atoms with van der Waals surface area (Å²) in [5.41, 5.74) is 1.41. The van der Waals surface area contributed by atoms with Crippen LogP contribution in [-0.2, 0) is 0 Å². The molecule has 0 radical (unpaired) electrons. The number of hydrogen-bond donors (Lipinski definition) is 0. The van der Waals surface area contributed by atoms with Crippen molar-refractivity contribution < 1.29 is 4.39 Å². The van der Waals surface area contributed by atoms with Crippen molar-refractivity contribution in [3.05, 3.63) is 157 Å². The lowest BCUT2D eigenvalue weighted by Gasteiger charge is -2.27. The van der Waals surface area contributed by atoms with Crippen LogP contribution in [0.15, 0.2) is 155 Å². The van der Waals surface area contributed by atoms with Crippen molar-refractivity contribution in [2.45, 2.75) is 0 Å². The first-order valence-corrected chi connectivity index (χ1v) is 13.2. The van der Waals surface area contributed by atoms with Crippen molar-refractivity contribution >= 4 is 34.5 Å². The summed E-state index contributed by atoms with van der Waals surface area (Å²) < 4.78 is 19.6. The number of aliphatic imine (C=N–C) groups is 1. The summed E-state index contributed by atoms with van der Waals surface area (Å²) in [6.07, 6.45) is 0. The molecular weight excluding hydrogens is 450 g/mol. The normalized spacial score (nSPS) is 11.7. The Hall–Kier alpha value is -4.07. The van der Waals surface area contributed by atoms with E-state index in [9.17, 15) is 4.39 Å². The van der Waals surface area contributed by atoms with Crippen molar-refractivity contribution in [1.82, 2.24) is 0 Å². The monoisotopic (exact) mass is 474 g/mol. The summed E-state index contributed by atoms with van der Waals surface area (Å²) >= 11 is 0. The smallest absolute Gasteiger partial charge is 0.159 e. The van der Waals surface area contributed by atoms with Gasteiger partial charge in [0.25, 0.3) is 0 Å². The SMILES string of the molecule is Fc1cccc(N=C(N=P(c2ccccc2)(c2ccccc2)c2ccccc2)c2ccccc2)c1. The lowest BCUT2D eigenvalue weighted by molar-refractivity contribution is 0.628. The first kappa shape index (κ1) is 22.7. The van der Waals surface area contributed by atoms with Crippen LogP contribution >= 0.6 is 7.05 Å². The van der Waals surface area contributed by atoms with Crippen LogP contribution in [0.4, 0.5) is 10.1 Å². The summed E-state index contributed by atoms with van der Waals surface area (Å²) in [6, 6.07) is 47.5. The van der Waals surface area contributed by atoms with Crippen molar-refractivity contribution in [1.29, 1.82) is 0 Å². The molecule has 0 N–H and O–H groups in total. The van der Waals surface area contributed by atoms with E-state index in [2.05, 4.69) is 72.8 Å². The Kier molecular flexibility index (Phi) is 6.79. The topological polar surface area (TPSA) is 24.7 Å². The molecule has 2 nitrogen and oxygen atoms in total. The van der Waals surface area contributed by atoms with Crippen LogP contribution in [0.25, 0.3) is 0 Å². The lowest BCUT2D eigenvalue weighted by Crippen LogP contribution is -2.26. The van der Waals surface area contributed by atoms with Gasteiger partial charge in [0.05, 0.1) is 12.7 Å². The third-order valence-electron chi connectivity index (χ3n) is 5.71. The third kappa shape index (κ3) is 4.91. The summed E-state index contributed by atoms with van der Waals surface area (Å²) in [5, 5.41) is 3.38. The van der Waals surface area contributed by atoms with Gasteiger partial charge in [0.2, 0.25) is 0 Å². The highest BCUT2D eigenvalue weighted by molar-refractivity contribution is 7.87. The summed E-state index contributed by atoms with van der Waals surface area (Å²) in [7, 11) is -2.52. The maximum absolute atomic E-state index is 14.1. The van der Waals surface area contributed by atoms with E-state index in [1.807, 2.05) is 48.5 Å². The molecule has 5 aromatic rings. The maximum Gasteiger partial charge on any atom is 0.159 e. The number of benzene rings is 5. The Morgan fingerprint density at radius 3 is 1.43 bits per heavy atom. The van der Waals surface area contributed by atoms with E-state index in [1.54, 1.807) is 12.1 Å². The molecule has 35 heavy (non-hydrogen) atoms. The zero-order valence-electron chi connectivity index (χ0n) is 19.1. The number of amidine groups is 1. The molecule has 0 unspecified atom stereocenters. The molecule has 0 heterocycles. The molecule has 0 aliphatic rings. The Labute approximate surface area is 205 Å². The summed E-state index contributed by atoms with van der Waals surface area (Å²) in [5.74, 6) is 0.245. The van der Waals surface area contributed by atoms with Gasteiger partial charge < -0.3 is 0 Å². The standard InChI is InChI=1S/C31H24FN2P/c32-26-16-13-17-27(24-26)33-31(25-14-5-1-6-15-25)34-35(28-18-7-2-8-19-28,29-20-9-3-10-21-29)30-22-11-4-12-23-30/h1-24H. The van der Waals surface area contributed by atoms with E-state index in [1.165, 1.54) is 12.1 Å². The molecule has 0 saturated heterocycles. The highest BCUT2D eigenvalue weighted by Gasteiger charge is 2.28. The van der Waals surface area contributed by atoms with Crippen LogP contribution in [0, 0.1) is 5.82 Å². The first-order chi connectivity index (χ1) is 17.3. The van der Waals surface area contributed by atoms with Gasteiger partial charge in [0, 0.05) is 21.5 Å². The zero-order valence-corrected chi connectivity index (χ0v) is 20.0. The molecule has 0 aromatic heterocycles. The number of nitrogens with zero attached hydrogens (tertiary/aromatic N) is 2. The second-order valence-electron chi connectivity index (χ2n) is 8.02. The van der Waals surface area contributed by atoms with Gasteiger partial charge in [0.15, 0.2) is 5.84 Å². The van der Waals surface area contributed by atoms with Crippen molar-refractivity contribution in [3.8, 4) is 0 Å². The van der Waals surface area contributed by atoms with E-state index < -0.39 is 7.05 Å². The van der Waals surface area contributed by atoms with E-state index in [-0.39, 0.29) is 5.82 Å². The number of halogens is 1. The Morgan fingerprint density at radius 1 is 0.514 bits per heavy atom. The van der Waals surface area contributed by atoms with Crippen molar-refractivity contribution in [2.24, 2.45) is 9.74 Å². The number of hydrogen-bond acceptors (Lipinski definition) is 1. The predicted octanol–water partition coefficient (Wildman–Crippen LogP) is 7.08. The van der Waals surface area contributed by atoms with Gasteiger partial charge in [-0.25, -0.2) is 14.1 Å². The molecule has 0 spiro atoms. The molecule has 0 aliphatic heterocycles. The largest absolute Gasteiger partial charge is 0.234 e. The van der Waals surface area contributed by atoms with E-state index in [4.69, 9.17) is 9.74 Å². The minimum Gasteiger partial charge on any atom is -0.234 e. The van der Waals surface area contributed by atoms with Crippen molar-refractivity contribution in [2.75, 3.05) is 0 Å². The molecule has 5 aromatic carbocycles. The van der Waals surface area contributed by atoms with Crippen LogP contribution in [0.2, 0.25) is 0 Å². The summed E-state index contributed by atoms with van der Waals surface area (Å²) in [4.78, 5) is 4.89. The van der Waals surface area contributed by atoms with Crippen molar-refractivity contribution in [3.63, 3.8) is 0 Å². The highest BCUT2D eigenvalue weighted by atomic mass is 31.2. The fraction of sp³-hybridized carbons (Fsp3) is 0. The zero-order chi connectivity index (χ0) is 23.9. The second kappa shape index (κ2) is 10.5. The van der Waals surface area contributed by atoms with E-state index in [0.29, 0.717) is 11.5 Å². The molecule has 5 rings (SSSR count). The van der Waals surface area contributed by atoms with Gasteiger partial charge >= 0.3 is 0 Å². The van der Waals surface area contributed by atoms with Gasteiger partial charge in [-0.1, -0.05) is 127 Å². The maximum atomic E-state index is 14.1. The Balaban J connectivity index is 1.90. The van der Waals surface area contributed by atoms with Crippen LogP contribution in [0.5, 0.6) is 0 Å². The van der Waals surface area contributed by atoms with Gasteiger partial charge in [-0.15, -0.1) is 0 Å². The van der Waals surface area contributed by atoms with Crippen LogP contribution in [0.1, 0.15) is 5.56 Å². The number of rotatable bonds is 5. The van der Waals surface area contributed by atoms with E-state index >= 15 is 0 Å². The van der Waals surface area contributed by atoms with Gasteiger partial charge in [-0.05, 0) is 18.2 Å². The fourth-order valence-corrected chi connectivity index (χ4v) is 7.59. The van der Waals surface area contributed by atoms with Gasteiger partial charge in [0.1, 0.15) is 5.82 Å². The minimum atomic E-state index is -2.52. The molecule has 0 bridgehead atoms. The van der Waals surface area contributed by atoms with Gasteiger partial charge in [-0.3, -0.25) is 0 Å². The highest BCUT2D eigenvalue weighted by Crippen LogP contribution is 2.47. The van der Waals surface area contributed by atoms with E-state index in [0.717, 1.165) is 21.5 Å². The molecule has 0 saturated carbocycles. The fourth-order valence-electron chi connectivity index (χ4n) is 4.09. The first-order valence-electron chi connectivity index (χ1n) is 11.4. The molecule has 170 valence electrons. The lowest BCUT2D eigenvalue weighted by atomic mass is 10.2. The average molecular weight is 475 g/mol. The molecule has 0 amide bonds. The molecule has 4 heteroatoms. The minimum absolute atomic E-state index is 0.325. The van der Waals surface area contributed by atoms with Gasteiger partial charge in [-0.2, -0.15) is 0 Å². The molecular formula is C31H24FN2P. The molecule has 0 fully saturated rings. The second-order valence-corrected chi connectivity index (χ2v) is 11.0. The van der Waals surface area contributed by atoms with Crippen LogP contribution < -0.4 is 15.9 Å². The average Bonchev–Trinajstić information content (AvgIpc) is 2.93. The molecule has 0 atom stereocenters. The third-order valence-corrected chi connectivity index (χ3v) is 9.34.